The highest BCUT2D eigenvalue weighted by molar-refractivity contribution is 6.14. The van der Waals surface area contributed by atoms with Gasteiger partial charge in [0, 0.05) is 10.9 Å². The zero-order valence-electron chi connectivity index (χ0n) is 20.9. The summed E-state index contributed by atoms with van der Waals surface area (Å²) in [4.78, 5) is 31.4. The number of carbonyl (C=O) groups excluding carboxylic acids is 2. The number of para-hydroxylation sites is 2. The number of anilines is 1. The van der Waals surface area contributed by atoms with Crippen molar-refractivity contribution in [2.45, 2.75) is 20.8 Å². The second kappa shape index (κ2) is 10.1. The summed E-state index contributed by atoms with van der Waals surface area (Å²) in [5.74, 6) is -0.702. The van der Waals surface area contributed by atoms with Gasteiger partial charge in [-0.25, -0.2) is 14.5 Å². The molecule has 0 radical (unpaired) electrons. The predicted octanol–water partition coefficient (Wildman–Crippen LogP) is 6.13. The number of benzene rings is 3. The van der Waals surface area contributed by atoms with Crippen LogP contribution in [0.15, 0.2) is 85.1 Å². The van der Waals surface area contributed by atoms with E-state index < -0.39 is 5.97 Å². The van der Waals surface area contributed by atoms with Gasteiger partial charge in [0.25, 0.3) is 5.91 Å². The molecule has 0 aliphatic carbocycles. The van der Waals surface area contributed by atoms with E-state index in [2.05, 4.69) is 16.5 Å². The van der Waals surface area contributed by atoms with Crippen molar-refractivity contribution in [1.29, 1.82) is 0 Å². The molecular weight excluding hydrogens is 464 g/mol. The van der Waals surface area contributed by atoms with E-state index in [-0.39, 0.29) is 23.9 Å². The second-order valence-corrected chi connectivity index (χ2v) is 8.72. The van der Waals surface area contributed by atoms with E-state index >= 15 is 0 Å². The Bertz CT molecular complexity index is 1620. The molecule has 3 aromatic carbocycles. The first-order chi connectivity index (χ1) is 18.0. The molecule has 2 heterocycles. The third-order valence-corrected chi connectivity index (χ3v) is 6.12. The van der Waals surface area contributed by atoms with Crippen molar-refractivity contribution in [3.63, 3.8) is 0 Å². The maximum atomic E-state index is 13.8. The van der Waals surface area contributed by atoms with E-state index in [1.807, 2.05) is 80.6 Å². The molecular formula is C30H26N4O3. The van der Waals surface area contributed by atoms with Crippen LogP contribution in [-0.2, 0) is 4.74 Å². The third kappa shape index (κ3) is 4.71. The van der Waals surface area contributed by atoms with Gasteiger partial charge in [-0.05, 0) is 50.6 Å². The first-order valence-electron chi connectivity index (χ1n) is 12.1. The van der Waals surface area contributed by atoms with E-state index in [1.54, 1.807) is 13.0 Å². The summed E-state index contributed by atoms with van der Waals surface area (Å²) in [5.41, 5.74) is 5.89. The lowest BCUT2D eigenvalue weighted by atomic mass is 9.99. The maximum absolute atomic E-state index is 13.8. The molecule has 5 rings (SSSR count). The quantitative estimate of drug-likeness (QED) is 0.289. The van der Waals surface area contributed by atoms with Gasteiger partial charge in [0.1, 0.15) is 5.56 Å². The zero-order chi connectivity index (χ0) is 25.9. The number of ether oxygens (including phenoxy) is 1. The van der Waals surface area contributed by atoms with Crippen LogP contribution in [0.4, 0.5) is 5.82 Å². The van der Waals surface area contributed by atoms with Gasteiger partial charge in [-0.3, -0.25) is 4.79 Å². The Morgan fingerprint density at radius 3 is 2.43 bits per heavy atom. The van der Waals surface area contributed by atoms with Crippen molar-refractivity contribution in [2.75, 3.05) is 11.9 Å². The van der Waals surface area contributed by atoms with Crippen LogP contribution < -0.4 is 5.32 Å². The minimum absolute atomic E-state index is 0.173. The fourth-order valence-electron chi connectivity index (χ4n) is 4.37. The second-order valence-electron chi connectivity index (χ2n) is 8.72. The number of carbonyl (C=O) groups is 2. The minimum atomic E-state index is -0.560. The molecule has 7 heteroatoms. The minimum Gasteiger partial charge on any atom is -0.462 e. The van der Waals surface area contributed by atoms with Crippen molar-refractivity contribution in [2.24, 2.45) is 0 Å². The van der Waals surface area contributed by atoms with Crippen molar-refractivity contribution >= 4 is 28.6 Å². The summed E-state index contributed by atoms with van der Waals surface area (Å²) in [6, 6.07) is 24.8. The molecule has 0 spiro atoms. The average Bonchev–Trinajstić information content (AvgIpc) is 3.32. The smallest absolute Gasteiger partial charge is 0.343 e. The molecule has 0 aliphatic rings. The number of aryl methyl sites for hydroxylation is 2. The van der Waals surface area contributed by atoms with Gasteiger partial charge >= 0.3 is 5.97 Å². The van der Waals surface area contributed by atoms with Crippen LogP contribution >= 0.6 is 0 Å². The molecule has 37 heavy (non-hydrogen) atoms. The highest BCUT2D eigenvalue weighted by atomic mass is 16.5. The van der Waals surface area contributed by atoms with Gasteiger partial charge in [-0.1, -0.05) is 60.2 Å². The topological polar surface area (TPSA) is 86.1 Å². The molecule has 184 valence electrons. The first-order valence-corrected chi connectivity index (χ1v) is 12.1. The highest BCUT2D eigenvalue weighted by Gasteiger charge is 2.23. The molecule has 0 bridgehead atoms. The standard InChI is InChI=1S/C30H26N4O3/c1-4-37-30(36)25-18-31-34(21-10-6-5-7-11-21)28(25)33-29(35)24-17-27(22-15-14-19(2)16-20(22)3)32-26-13-9-8-12-23(24)26/h5-18H,4H2,1-3H3,(H,33,35). The van der Waals surface area contributed by atoms with Crippen molar-refractivity contribution in [3.8, 4) is 16.9 Å². The largest absolute Gasteiger partial charge is 0.462 e. The van der Waals surface area contributed by atoms with Crippen molar-refractivity contribution < 1.29 is 14.3 Å². The number of fused-ring (bicyclic) bond motifs is 1. The van der Waals surface area contributed by atoms with E-state index in [1.165, 1.54) is 10.9 Å². The number of hydrogen-bond acceptors (Lipinski definition) is 5. The van der Waals surface area contributed by atoms with Gasteiger partial charge in [0.05, 0.1) is 35.3 Å². The lowest BCUT2D eigenvalue weighted by Gasteiger charge is -2.14. The average molecular weight is 491 g/mol. The summed E-state index contributed by atoms with van der Waals surface area (Å²) in [6.45, 7) is 6.01. The molecule has 0 fully saturated rings. The van der Waals surface area contributed by atoms with Crippen LogP contribution in [0.1, 0.15) is 38.8 Å². The first kappa shape index (κ1) is 23.9. The normalized spacial score (nSPS) is 10.9. The fourth-order valence-corrected chi connectivity index (χ4v) is 4.37. The third-order valence-electron chi connectivity index (χ3n) is 6.12. The van der Waals surface area contributed by atoms with Gasteiger partial charge in [-0.2, -0.15) is 5.10 Å². The van der Waals surface area contributed by atoms with Gasteiger partial charge in [-0.15, -0.1) is 0 Å². The van der Waals surface area contributed by atoms with Gasteiger partial charge < -0.3 is 10.1 Å². The molecule has 0 saturated heterocycles. The van der Waals surface area contributed by atoms with Gasteiger partial charge in [0.15, 0.2) is 5.82 Å². The Labute approximate surface area is 214 Å². The maximum Gasteiger partial charge on any atom is 0.343 e. The van der Waals surface area contributed by atoms with Crippen LogP contribution in [0.5, 0.6) is 0 Å². The van der Waals surface area contributed by atoms with Crippen LogP contribution in [0, 0.1) is 13.8 Å². The number of nitrogens with zero attached hydrogens (tertiary/aromatic N) is 3. The molecule has 2 aromatic heterocycles. The Morgan fingerprint density at radius 2 is 1.68 bits per heavy atom. The number of nitrogens with one attached hydrogen (secondary N) is 1. The van der Waals surface area contributed by atoms with Crippen LogP contribution in [0.2, 0.25) is 0 Å². The monoisotopic (exact) mass is 490 g/mol. The molecule has 0 aliphatic heterocycles. The molecule has 1 amide bonds. The summed E-state index contributed by atoms with van der Waals surface area (Å²) in [5, 5.41) is 8.02. The number of pyridine rings is 1. The number of esters is 1. The Hall–Kier alpha value is -4.78. The molecule has 0 atom stereocenters. The molecule has 5 aromatic rings. The zero-order valence-corrected chi connectivity index (χ0v) is 20.9. The van der Waals surface area contributed by atoms with Crippen LogP contribution in [0.25, 0.3) is 27.8 Å². The summed E-state index contributed by atoms with van der Waals surface area (Å²) in [7, 11) is 0. The Morgan fingerprint density at radius 1 is 0.919 bits per heavy atom. The summed E-state index contributed by atoms with van der Waals surface area (Å²) < 4.78 is 6.75. The van der Waals surface area contributed by atoms with E-state index in [0.717, 1.165) is 16.7 Å². The number of aromatic nitrogens is 3. The number of rotatable bonds is 6. The summed E-state index contributed by atoms with van der Waals surface area (Å²) in [6.07, 6.45) is 1.41. The summed E-state index contributed by atoms with van der Waals surface area (Å²) >= 11 is 0. The molecule has 1 N–H and O–H groups in total. The SMILES string of the molecule is CCOC(=O)c1cnn(-c2ccccc2)c1NC(=O)c1cc(-c2ccc(C)cc2C)nc2ccccc12. The van der Waals surface area contributed by atoms with Gasteiger partial charge in [0.2, 0.25) is 0 Å². The highest BCUT2D eigenvalue weighted by Crippen LogP contribution is 2.29. The lowest BCUT2D eigenvalue weighted by molar-refractivity contribution is 0.0527. The van der Waals surface area contributed by atoms with Crippen LogP contribution in [-0.4, -0.2) is 33.2 Å². The van der Waals surface area contributed by atoms with E-state index in [9.17, 15) is 9.59 Å². The molecule has 0 saturated carbocycles. The Kier molecular flexibility index (Phi) is 6.51. The number of hydrogen-bond donors (Lipinski definition) is 1. The molecule has 7 nitrogen and oxygen atoms in total. The fraction of sp³-hybridized carbons (Fsp3) is 0.133. The van der Waals surface area contributed by atoms with Crippen LogP contribution in [0.3, 0.4) is 0 Å². The van der Waals surface area contributed by atoms with Crippen molar-refractivity contribution in [1.82, 2.24) is 14.8 Å². The number of amides is 1. The van der Waals surface area contributed by atoms with Crippen molar-refractivity contribution in [3.05, 3.63) is 107 Å². The molecule has 0 unspecified atom stereocenters. The van der Waals surface area contributed by atoms with E-state index in [4.69, 9.17) is 9.72 Å². The lowest BCUT2D eigenvalue weighted by Crippen LogP contribution is -2.18. The Balaban J connectivity index is 1.63. The predicted molar refractivity (Wildman–Crippen MR) is 144 cm³/mol. The van der Waals surface area contributed by atoms with E-state index in [0.29, 0.717) is 27.8 Å².